The van der Waals surface area contributed by atoms with Gasteiger partial charge in [-0.3, -0.25) is 9.59 Å². The molecule has 136 valence electrons. The third-order valence-corrected chi connectivity index (χ3v) is 5.51. The van der Waals surface area contributed by atoms with Gasteiger partial charge < -0.3 is 10.2 Å². The molecule has 1 unspecified atom stereocenters. The molecule has 4 nitrogen and oxygen atoms in total. The van der Waals surface area contributed by atoms with E-state index in [-0.39, 0.29) is 28.6 Å². The van der Waals surface area contributed by atoms with E-state index in [1.165, 1.54) is 47.2 Å². The number of nitrogens with zero attached hydrogens (tertiary/aromatic N) is 1. The maximum Gasteiger partial charge on any atom is 0.235 e. The number of amides is 2. The molecular weight excluding hydrogens is 351 g/mol. The fraction of sp³-hybridized carbons (Fsp3) is 0.300. The van der Waals surface area contributed by atoms with Gasteiger partial charge >= 0.3 is 0 Å². The second kappa shape index (κ2) is 8.36. The van der Waals surface area contributed by atoms with Crippen LogP contribution in [0.5, 0.6) is 0 Å². The Balaban J connectivity index is 1.48. The van der Waals surface area contributed by atoms with Crippen LogP contribution in [0.1, 0.15) is 18.1 Å². The zero-order valence-corrected chi connectivity index (χ0v) is 15.4. The molecule has 0 fully saturated rings. The number of halogens is 1. The topological polar surface area (TPSA) is 49.4 Å². The van der Waals surface area contributed by atoms with Crippen molar-refractivity contribution < 1.29 is 14.0 Å². The summed E-state index contributed by atoms with van der Waals surface area (Å²) in [5, 5.41) is 2.41. The van der Waals surface area contributed by atoms with Crippen LogP contribution in [0.25, 0.3) is 0 Å². The first-order valence-electron chi connectivity index (χ1n) is 8.55. The first-order chi connectivity index (χ1) is 12.5. The molecule has 0 saturated heterocycles. The first kappa shape index (κ1) is 18.5. The summed E-state index contributed by atoms with van der Waals surface area (Å²) < 4.78 is 12.9. The molecule has 0 radical (unpaired) electrons. The Morgan fingerprint density at radius 2 is 1.85 bits per heavy atom. The number of carbonyl (C=O) groups excluding carboxylic acids is 2. The number of thioether (sulfide) groups is 1. The third-order valence-electron chi connectivity index (χ3n) is 4.38. The highest BCUT2D eigenvalue weighted by atomic mass is 32.2. The maximum atomic E-state index is 12.9. The molecule has 2 aromatic rings. The summed E-state index contributed by atoms with van der Waals surface area (Å²) in [4.78, 5) is 26.5. The molecule has 0 aliphatic carbocycles. The minimum atomic E-state index is -0.348. The summed E-state index contributed by atoms with van der Waals surface area (Å²) in [6.45, 7) is 3.17. The van der Waals surface area contributed by atoms with Gasteiger partial charge in [-0.2, -0.15) is 0 Å². The van der Waals surface area contributed by atoms with E-state index in [0.29, 0.717) is 18.8 Å². The molecule has 0 saturated carbocycles. The van der Waals surface area contributed by atoms with Crippen LogP contribution < -0.4 is 5.32 Å². The molecule has 1 heterocycles. The minimum absolute atomic E-state index is 0.0547. The Hall–Kier alpha value is -2.34. The van der Waals surface area contributed by atoms with E-state index in [2.05, 4.69) is 17.4 Å². The summed E-state index contributed by atoms with van der Waals surface area (Å²) in [6, 6.07) is 13.8. The highest BCUT2D eigenvalue weighted by Crippen LogP contribution is 2.22. The number of benzene rings is 2. The van der Waals surface area contributed by atoms with Crippen molar-refractivity contribution in [3.63, 3.8) is 0 Å². The fourth-order valence-corrected chi connectivity index (χ4v) is 3.71. The lowest BCUT2D eigenvalue weighted by Gasteiger charge is -2.30. The van der Waals surface area contributed by atoms with Gasteiger partial charge in [0.25, 0.3) is 0 Å². The lowest BCUT2D eigenvalue weighted by molar-refractivity contribution is -0.131. The van der Waals surface area contributed by atoms with Gasteiger partial charge in [-0.1, -0.05) is 24.3 Å². The Morgan fingerprint density at radius 1 is 1.15 bits per heavy atom. The van der Waals surface area contributed by atoms with Gasteiger partial charge in [-0.05, 0) is 48.7 Å². The maximum absolute atomic E-state index is 12.9. The van der Waals surface area contributed by atoms with Gasteiger partial charge in [0.05, 0.1) is 11.0 Å². The molecule has 2 aromatic carbocycles. The molecule has 3 rings (SSSR count). The average molecular weight is 372 g/mol. The number of rotatable bonds is 5. The number of fused-ring (bicyclic) bond motifs is 1. The molecule has 2 amide bonds. The van der Waals surface area contributed by atoms with Crippen molar-refractivity contribution in [3.05, 3.63) is 65.5 Å². The summed E-state index contributed by atoms with van der Waals surface area (Å²) in [5.41, 5.74) is 3.04. The van der Waals surface area contributed by atoms with Gasteiger partial charge in [0.15, 0.2) is 0 Å². The van der Waals surface area contributed by atoms with Crippen molar-refractivity contribution in [2.45, 2.75) is 25.1 Å². The van der Waals surface area contributed by atoms with E-state index < -0.39 is 0 Å². The van der Waals surface area contributed by atoms with Crippen LogP contribution in [-0.2, 0) is 22.6 Å². The van der Waals surface area contributed by atoms with Crippen LogP contribution in [0, 0.1) is 5.82 Å². The van der Waals surface area contributed by atoms with E-state index in [1.807, 2.05) is 24.0 Å². The normalized spacial score (nSPS) is 14.5. The van der Waals surface area contributed by atoms with E-state index in [1.54, 1.807) is 0 Å². The quantitative estimate of drug-likeness (QED) is 0.874. The largest absolute Gasteiger partial charge is 0.337 e. The lowest BCUT2D eigenvalue weighted by Crippen LogP contribution is -2.40. The molecule has 1 aliphatic heterocycles. The Kier molecular flexibility index (Phi) is 5.93. The summed E-state index contributed by atoms with van der Waals surface area (Å²) in [7, 11) is 0. The molecule has 1 N–H and O–H groups in total. The SMILES string of the molecule is CC(SCC(=O)Nc1ccc(F)cc1)C(=O)N1CCc2ccccc2C1. The van der Waals surface area contributed by atoms with Crippen molar-refractivity contribution in [2.24, 2.45) is 0 Å². The van der Waals surface area contributed by atoms with Crippen LogP contribution >= 0.6 is 11.8 Å². The van der Waals surface area contributed by atoms with Gasteiger partial charge in [0.1, 0.15) is 5.82 Å². The average Bonchev–Trinajstić information content (AvgIpc) is 2.67. The van der Waals surface area contributed by atoms with Gasteiger partial charge in [0, 0.05) is 18.8 Å². The van der Waals surface area contributed by atoms with Crippen molar-refractivity contribution in [3.8, 4) is 0 Å². The standard InChI is InChI=1S/C20H21FN2O2S/c1-14(26-13-19(24)22-18-8-6-17(21)7-9-18)20(25)23-11-10-15-4-2-3-5-16(15)12-23/h2-9,14H,10-13H2,1H3,(H,22,24). The molecule has 0 aromatic heterocycles. The number of nitrogens with one attached hydrogen (secondary N) is 1. The highest BCUT2D eigenvalue weighted by Gasteiger charge is 2.25. The molecule has 26 heavy (non-hydrogen) atoms. The van der Waals surface area contributed by atoms with E-state index in [0.717, 1.165) is 6.42 Å². The lowest BCUT2D eigenvalue weighted by atomic mass is 10.00. The Morgan fingerprint density at radius 3 is 2.58 bits per heavy atom. The Labute approximate surface area is 156 Å². The second-order valence-corrected chi connectivity index (χ2v) is 7.62. The fourth-order valence-electron chi connectivity index (χ4n) is 2.94. The van der Waals surface area contributed by atoms with Crippen molar-refractivity contribution >= 4 is 29.3 Å². The van der Waals surface area contributed by atoms with Gasteiger partial charge in [-0.15, -0.1) is 11.8 Å². The molecule has 6 heteroatoms. The number of hydrogen-bond donors (Lipinski definition) is 1. The van der Waals surface area contributed by atoms with Crippen LogP contribution in [0.15, 0.2) is 48.5 Å². The highest BCUT2D eigenvalue weighted by molar-refractivity contribution is 8.01. The van der Waals surface area contributed by atoms with Gasteiger partial charge in [-0.25, -0.2) is 4.39 Å². The second-order valence-electron chi connectivity index (χ2n) is 6.29. The van der Waals surface area contributed by atoms with Crippen molar-refractivity contribution in [1.82, 2.24) is 4.90 Å². The van der Waals surface area contributed by atoms with Crippen LogP contribution in [-0.4, -0.2) is 34.3 Å². The number of anilines is 1. The Bertz CT molecular complexity index is 795. The van der Waals surface area contributed by atoms with Crippen LogP contribution in [0.2, 0.25) is 0 Å². The predicted molar refractivity (Wildman–Crippen MR) is 103 cm³/mol. The summed E-state index contributed by atoms with van der Waals surface area (Å²) >= 11 is 1.31. The van der Waals surface area contributed by atoms with Crippen molar-refractivity contribution in [1.29, 1.82) is 0 Å². The van der Waals surface area contributed by atoms with Crippen molar-refractivity contribution in [2.75, 3.05) is 17.6 Å². The van der Waals surface area contributed by atoms with Crippen LogP contribution in [0.3, 0.4) is 0 Å². The zero-order chi connectivity index (χ0) is 18.5. The molecule has 0 bridgehead atoms. The monoisotopic (exact) mass is 372 g/mol. The summed E-state index contributed by atoms with van der Waals surface area (Å²) in [5.74, 6) is -0.321. The minimum Gasteiger partial charge on any atom is -0.337 e. The molecule has 1 aliphatic rings. The first-order valence-corrected chi connectivity index (χ1v) is 9.60. The number of hydrogen-bond acceptors (Lipinski definition) is 3. The zero-order valence-electron chi connectivity index (χ0n) is 14.6. The van der Waals surface area contributed by atoms with Crippen LogP contribution in [0.4, 0.5) is 10.1 Å². The number of carbonyl (C=O) groups is 2. The van der Waals surface area contributed by atoms with E-state index >= 15 is 0 Å². The molecular formula is C20H21FN2O2S. The van der Waals surface area contributed by atoms with E-state index in [4.69, 9.17) is 0 Å². The predicted octanol–water partition coefficient (Wildman–Crippen LogP) is 3.47. The van der Waals surface area contributed by atoms with E-state index in [9.17, 15) is 14.0 Å². The summed E-state index contributed by atoms with van der Waals surface area (Å²) in [6.07, 6.45) is 0.865. The molecule has 0 spiro atoms. The van der Waals surface area contributed by atoms with Gasteiger partial charge in [0.2, 0.25) is 11.8 Å². The molecule has 1 atom stereocenters. The smallest absolute Gasteiger partial charge is 0.235 e. The third kappa shape index (κ3) is 4.64.